The van der Waals surface area contributed by atoms with Crippen LogP contribution in [0.15, 0.2) is 18.2 Å². The Hall–Kier alpha value is -1.65. The Labute approximate surface area is 132 Å². The van der Waals surface area contributed by atoms with Crippen molar-refractivity contribution in [1.29, 1.82) is 0 Å². The molecule has 0 saturated carbocycles. The van der Waals surface area contributed by atoms with E-state index in [1.165, 1.54) is 12.6 Å². The lowest BCUT2D eigenvalue weighted by Crippen LogP contribution is -2.35. The van der Waals surface area contributed by atoms with Crippen LogP contribution >= 0.6 is 0 Å². The lowest BCUT2D eigenvalue weighted by molar-refractivity contribution is -0.131. The standard InChI is InChI=1S/C12H18NO2.CHF3O3S/c1-9-8-11(15-10(2)14)6-7-12(9)13(3,4)5;2-1(3,4)8(5,6)7/h6-8H,1-5H3;(H,5,6,7)/q+1;. The maximum Gasteiger partial charge on any atom is 0.522 e. The number of hydrogen-bond donors (Lipinski definition) is 1. The van der Waals surface area contributed by atoms with E-state index in [0.29, 0.717) is 5.75 Å². The van der Waals surface area contributed by atoms with Crippen LogP contribution < -0.4 is 9.22 Å². The van der Waals surface area contributed by atoms with Crippen LogP contribution in [0.2, 0.25) is 0 Å². The number of aryl methyl sites for hydroxylation is 1. The minimum absolute atomic E-state index is 0.285. The van der Waals surface area contributed by atoms with Gasteiger partial charge in [0.2, 0.25) is 0 Å². The number of alkyl halides is 3. The molecule has 6 nitrogen and oxygen atoms in total. The molecule has 0 amide bonds. The van der Waals surface area contributed by atoms with Gasteiger partial charge in [0, 0.05) is 18.6 Å². The summed E-state index contributed by atoms with van der Waals surface area (Å²) in [6, 6.07) is 5.71. The van der Waals surface area contributed by atoms with Crippen LogP contribution in [0.3, 0.4) is 0 Å². The quantitative estimate of drug-likeness (QED) is 0.289. The van der Waals surface area contributed by atoms with Crippen LogP contribution in [0.4, 0.5) is 18.9 Å². The molecule has 1 N–H and O–H groups in total. The van der Waals surface area contributed by atoms with Gasteiger partial charge in [-0.15, -0.1) is 0 Å². The highest BCUT2D eigenvalue weighted by molar-refractivity contribution is 7.86. The SMILES string of the molecule is CC(=O)Oc1ccc([N+](C)(C)C)c(C)c1.O=S(=O)(O)C(F)(F)F. The fourth-order valence-electron chi connectivity index (χ4n) is 1.61. The molecule has 23 heavy (non-hydrogen) atoms. The zero-order chi connectivity index (χ0) is 18.6. The third kappa shape index (κ3) is 7.44. The first-order valence-electron chi connectivity index (χ1n) is 6.20. The van der Waals surface area contributed by atoms with Crippen LogP contribution in [0.1, 0.15) is 12.5 Å². The van der Waals surface area contributed by atoms with E-state index in [-0.39, 0.29) is 5.97 Å². The summed E-state index contributed by atoms with van der Waals surface area (Å²) in [7, 11) is 0.475. The van der Waals surface area contributed by atoms with E-state index in [4.69, 9.17) is 17.7 Å². The largest absolute Gasteiger partial charge is 0.522 e. The number of ether oxygens (including phenoxy) is 1. The van der Waals surface area contributed by atoms with E-state index in [9.17, 15) is 18.0 Å². The molecular weight excluding hydrogens is 339 g/mol. The van der Waals surface area contributed by atoms with E-state index in [1.54, 1.807) is 0 Å². The average Bonchev–Trinajstić information content (AvgIpc) is 2.23. The van der Waals surface area contributed by atoms with E-state index >= 15 is 0 Å². The molecule has 132 valence electrons. The second-order valence-corrected chi connectivity index (χ2v) is 6.89. The summed E-state index contributed by atoms with van der Waals surface area (Å²) >= 11 is 0. The van der Waals surface area contributed by atoms with Gasteiger partial charge in [0.05, 0.1) is 21.1 Å². The Bertz CT molecular complexity index is 663. The molecule has 0 atom stereocenters. The predicted octanol–water partition coefficient (Wildman–Crippen LogP) is 2.51. The monoisotopic (exact) mass is 358 g/mol. The first-order chi connectivity index (χ1) is 10.1. The molecule has 0 aliphatic heterocycles. The topological polar surface area (TPSA) is 80.7 Å². The molecule has 1 aromatic carbocycles. The molecule has 0 heterocycles. The fraction of sp³-hybridized carbons (Fsp3) is 0.462. The maximum absolute atomic E-state index is 10.8. The van der Waals surface area contributed by atoms with Crippen molar-refractivity contribution in [3.63, 3.8) is 0 Å². The first kappa shape index (κ1) is 21.4. The fourth-order valence-corrected chi connectivity index (χ4v) is 1.61. The van der Waals surface area contributed by atoms with Crippen molar-refractivity contribution in [3.8, 4) is 5.75 Å². The number of carbonyl (C=O) groups is 1. The minimum Gasteiger partial charge on any atom is -0.427 e. The average molecular weight is 358 g/mol. The van der Waals surface area contributed by atoms with E-state index in [1.807, 2.05) is 25.1 Å². The highest BCUT2D eigenvalue weighted by atomic mass is 32.2. The summed E-state index contributed by atoms with van der Waals surface area (Å²) in [5.74, 6) is 0.324. The predicted molar refractivity (Wildman–Crippen MR) is 79.7 cm³/mol. The summed E-state index contributed by atoms with van der Waals surface area (Å²) in [6.45, 7) is 3.43. The number of hydrogen-bond acceptors (Lipinski definition) is 4. The summed E-state index contributed by atoms with van der Waals surface area (Å²) < 4.78 is 63.3. The molecule has 0 saturated heterocycles. The Kier molecular flexibility index (Phi) is 6.76. The van der Waals surface area contributed by atoms with Gasteiger partial charge in [-0.25, -0.2) is 0 Å². The zero-order valence-corrected chi connectivity index (χ0v) is 14.1. The maximum atomic E-state index is 10.8. The van der Waals surface area contributed by atoms with Gasteiger partial charge in [0.1, 0.15) is 11.4 Å². The number of rotatable bonds is 2. The van der Waals surface area contributed by atoms with Crippen molar-refractivity contribution >= 4 is 21.8 Å². The minimum atomic E-state index is -5.84. The van der Waals surface area contributed by atoms with Crippen LogP contribution in [-0.4, -0.2) is 45.6 Å². The van der Waals surface area contributed by atoms with Crippen molar-refractivity contribution in [1.82, 2.24) is 4.48 Å². The Balaban J connectivity index is 0.000000515. The lowest BCUT2D eigenvalue weighted by atomic mass is 10.1. The molecule has 0 aromatic heterocycles. The number of quaternary nitrogens is 1. The zero-order valence-electron chi connectivity index (χ0n) is 13.3. The van der Waals surface area contributed by atoms with E-state index in [0.717, 1.165) is 10.0 Å². The number of carbonyl (C=O) groups excluding carboxylic acids is 1. The van der Waals surface area contributed by atoms with Crippen molar-refractivity contribution in [2.75, 3.05) is 21.1 Å². The summed E-state index contributed by atoms with van der Waals surface area (Å²) in [5, 5.41) is 0. The van der Waals surface area contributed by atoms with Crippen molar-refractivity contribution in [3.05, 3.63) is 23.8 Å². The number of benzene rings is 1. The lowest BCUT2D eigenvalue weighted by Gasteiger charge is -2.25. The highest BCUT2D eigenvalue weighted by Gasteiger charge is 2.44. The summed E-state index contributed by atoms with van der Waals surface area (Å²) in [4.78, 5) is 10.8. The molecule has 0 aliphatic carbocycles. The molecule has 1 aromatic rings. The normalized spacial score (nSPS) is 12.2. The molecule has 10 heteroatoms. The number of halogens is 3. The molecule has 0 radical (unpaired) electrons. The van der Waals surface area contributed by atoms with Crippen molar-refractivity contribution < 1.29 is 35.7 Å². The van der Waals surface area contributed by atoms with E-state index in [2.05, 4.69) is 21.1 Å². The van der Waals surface area contributed by atoms with Gasteiger partial charge in [-0.1, -0.05) is 0 Å². The van der Waals surface area contributed by atoms with Crippen LogP contribution in [-0.2, 0) is 14.9 Å². The Morgan fingerprint density at radius 2 is 1.65 bits per heavy atom. The van der Waals surface area contributed by atoms with Crippen LogP contribution in [0.25, 0.3) is 0 Å². The van der Waals surface area contributed by atoms with Gasteiger partial charge in [0.15, 0.2) is 0 Å². The van der Waals surface area contributed by atoms with Crippen molar-refractivity contribution in [2.45, 2.75) is 19.4 Å². The van der Waals surface area contributed by atoms with Gasteiger partial charge in [-0.2, -0.15) is 21.6 Å². The smallest absolute Gasteiger partial charge is 0.427 e. The first-order valence-corrected chi connectivity index (χ1v) is 7.64. The molecule has 0 fully saturated rings. The summed E-state index contributed by atoms with van der Waals surface area (Å²) in [6.07, 6.45) is 0. The summed E-state index contributed by atoms with van der Waals surface area (Å²) in [5.41, 5.74) is -3.19. The van der Waals surface area contributed by atoms with Crippen molar-refractivity contribution in [2.24, 2.45) is 0 Å². The molecule has 0 spiro atoms. The molecule has 0 bridgehead atoms. The Morgan fingerprint density at radius 3 is 1.91 bits per heavy atom. The second kappa shape index (κ2) is 7.28. The highest BCUT2D eigenvalue weighted by Crippen LogP contribution is 2.26. The molecular formula is C13H19F3NO5S+. The number of esters is 1. The van der Waals surface area contributed by atoms with Crippen LogP contribution in [0, 0.1) is 6.92 Å². The third-order valence-electron chi connectivity index (χ3n) is 2.45. The van der Waals surface area contributed by atoms with Gasteiger partial charge in [-0.3, -0.25) is 13.8 Å². The molecule has 1 rings (SSSR count). The molecule has 0 aliphatic rings. The number of nitrogens with zero attached hydrogens (tertiary/aromatic N) is 1. The van der Waals surface area contributed by atoms with E-state index < -0.39 is 15.6 Å². The Morgan fingerprint density at radius 1 is 1.22 bits per heavy atom. The third-order valence-corrected chi connectivity index (χ3v) is 3.03. The van der Waals surface area contributed by atoms with Gasteiger partial charge in [0.25, 0.3) is 0 Å². The van der Waals surface area contributed by atoms with Crippen LogP contribution in [0.5, 0.6) is 5.75 Å². The van der Waals surface area contributed by atoms with Gasteiger partial charge in [-0.05, 0) is 19.1 Å². The van der Waals surface area contributed by atoms with Gasteiger partial charge < -0.3 is 4.74 Å². The second-order valence-electron chi connectivity index (χ2n) is 5.48. The molecule has 0 unspecified atom stereocenters. The van der Waals surface area contributed by atoms with Gasteiger partial charge >= 0.3 is 21.6 Å².